The van der Waals surface area contributed by atoms with Crippen molar-refractivity contribution in [2.45, 2.75) is 40.5 Å². The first-order valence-electron chi connectivity index (χ1n) is 13.0. The number of Topliss-reactive ketones (excluding diaryl/α,β-unsaturated/α-hetero) is 1. The molecule has 3 aromatic heterocycles. The quantitative estimate of drug-likeness (QED) is 0.202. The van der Waals surface area contributed by atoms with Gasteiger partial charge in [-0.15, -0.1) is 11.3 Å². The fourth-order valence-corrected chi connectivity index (χ4v) is 5.60. The van der Waals surface area contributed by atoms with Gasteiger partial charge in [0.05, 0.1) is 11.8 Å². The van der Waals surface area contributed by atoms with E-state index in [1.165, 1.54) is 11.3 Å². The van der Waals surface area contributed by atoms with E-state index in [2.05, 4.69) is 39.1 Å². The van der Waals surface area contributed by atoms with E-state index >= 15 is 0 Å². The van der Waals surface area contributed by atoms with Crippen molar-refractivity contribution in [3.63, 3.8) is 0 Å². The van der Waals surface area contributed by atoms with Crippen molar-refractivity contribution in [3.8, 4) is 16.3 Å². The Balaban J connectivity index is 1.41. The third-order valence-electron chi connectivity index (χ3n) is 7.15. The third-order valence-corrected chi connectivity index (χ3v) is 7.91. The summed E-state index contributed by atoms with van der Waals surface area (Å²) in [6.45, 7) is 11.1. The van der Waals surface area contributed by atoms with E-state index in [1.807, 2.05) is 49.7 Å². The lowest BCUT2D eigenvalue weighted by Crippen LogP contribution is -2.24. The molecule has 0 aliphatic carbocycles. The van der Waals surface area contributed by atoms with E-state index in [1.54, 1.807) is 17.1 Å². The van der Waals surface area contributed by atoms with Gasteiger partial charge in [-0.3, -0.25) is 9.59 Å². The molecule has 4 heterocycles. The zero-order valence-electron chi connectivity index (χ0n) is 22.2. The number of ketones is 1. The molecule has 38 heavy (non-hydrogen) atoms. The smallest absolute Gasteiger partial charge is 0.256 e. The number of aromatic nitrogens is 4. The first-order chi connectivity index (χ1) is 18.4. The van der Waals surface area contributed by atoms with Crippen LogP contribution < -0.4 is 5.32 Å². The molecule has 0 fully saturated rings. The van der Waals surface area contributed by atoms with E-state index in [9.17, 15) is 9.59 Å². The number of nitrogens with one attached hydrogen (secondary N) is 2. The summed E-state index contributed by atoms with van der Waals surface area (Å²) < 4.78 is 1.75. The first-order valence-corrected chi connectivity index (χ1v) is 13.8. The molecule has 196 valence electrons. The second-order valence-electron chi connectivity index (χ2n) is 9.48. The number of carbonyl (C=O) groups excluding carboxylic acids is 2. The fourth-order valence-electron chi connectivity index (χ4n) is 5.03. The molecule has 0 atom stereocenters. The van der Waals surface area contributed by atoms with Gasteiger partial charge in [0, 0.05) is 58.0 Å². The first kappa shape index (κ1) is 25.8. The van der Waals surface area contributed by atoms with Crippen LogP contribution in [0.15, 0.2) is 42.2 Å². The number of benzene rings is 1. The van der Waals surface area contributed by atoms with Crippen molar-refractivity contribution in [1.29, 1.82) is 0 Å². The van der Waals surface area contributed by atoms with Crippen molar-refractivity contribution >= 4 is 40.4 Å². The minimum absolute atomic E-state index is 0.142. The average molecular weight is 529 g/mol. The summed E-state index contributed by atoms with van der Waals surface area (Å²) in [6, 6.07) is 5.90. The lowest BCUT2D eigenvalue weighted by molar-refractivity contribution is -0.110. The average Bonchev–Trinajstić information content (AvgIpc) is 3.70. The molecule has 0 radical (unpaired) electrons. The highest BCUT2D eigenvalue weighted by molar-refractivity contribution is 7.12. The van der Waals surface area contributed by atoms with E-state index in [0.29, 0.717) is 12.0 Å². The number of H-pyrrole nitrogens is 1. The van der Waals surface area contributed by atoms with Crippen molar-refractivity contribution < 1.29 is 9.59 Å². The summed E-state index contributed by atoms with van der Waals surface area (Å²) >= 11 is 1.52. The van der Waals surface area contributed by atoms with Crippen molar-refractivity contribution in [1.82, 2.24) is 24.6 Å². The van der Waals surface area contributed by atoms with Gasteiger partial charge in [-0.25, -0.2) is 9.67 Å². The normalized spacial score (nSPS) is 13.9. The summed E-state index contributed by atoms with van der Waals surface area (Å²) in [5.74, 6) is -0.0155. The number of hydrogen-bond donors (Lipinski definition) is 2. The maximum atomic E-state index is 13.1. The highest BCUT2D eigenvalue weighted by atomic mass is 32.1. The number of carbonyl (C=O) groups is 2. The minimum atomic E-state index is -0.158. The van der Waals surface area contributed by atoms with Gasteiger partial charge in [-0.2, -0.15) is 5.10 Å². The van der Waals surface area contributed by atoms with Gasteiger partial charge in [0.15, 0.2) is 5.78 Å². The number of nitrogens with zero attached hydrogens (tertiary/aromatic N) is 4. The van der Waals surface area contributed by atoms with Crippen LogP contribution in [-0.2, 0) is 4.79 Å². The maximum absolute atomic E-state index is 13.1. The Morgan fingerprint density at radius 2 is 2.00 bits per heavy atom. The van der Waals surface area contributed by atoms with Crippen LogP contribution in [0.5, 0.6) is 0 Å². The second kappa shape index (κ2) is 10.9. The molecule has 2 N–H and O–H groups in total. The Morgan fingerprint density at radius 3 is 2.74 bits per heavy atom. The van der Waals surface area contributed by atoms with Crippen LogP contribution in [0.4, 0.5) is 5.69 Å². The van der Waals surface area contributed by atoms with Gasteiger partial charge in [0.25, 0.3) is 5.91 Å². The van der Waals surface area contributed by atoms with E-state index in [0.717, 1.165) is 76.1 Å². The summed E-state index contributed by atoms with van der Waals surface area (Å²) in [4.78, 5) is 36.0. The van der Waals surface area contributed by atoms with Crippen LogP contribution in [0.2, 0.25) is 0 Å². The predicted octanol–water partition coefficient (Wildman–Crippen LogP) is 5.74. The Morgan fingerprint density at radius 1 is 1.18 bits per heavy atom. The van der Waals surface area contributed by atoms with Gasteiger partial charge in [-0.1, -0.05) is 19.9 Å². The van der Waals surface area contributed by atoms with Gasteiger partial charge < -0.3 is 15.2 Å². The second-order valence-corrected chi connectivity index (χ2v) is 10.4. The molecule has 1 aliphatic heterocycles. The third kappa shape index (κ3) is 4.99. The number of rotatable bonds is 10. The van der Waals surface area contributed by atoms with Crippen LogP contribution >= 0.6 is 11.3 Å². The molecular formula is C29H32N6O2S. The molecule has 0 saturated carbocycles. The Labute approximate surface area is 226 Å². The van der Waals surface area contributed by atoms with E-state index in [4.69, 9.17) is 0 Å². The Bertz CT molecular complexity index is 1510. The molecule has 4 aromatic rings. The number of aromatic amines is 1. The standard InChI is InChI=1S/C29H32N6O2S/c1-5-34(6-2)12-7-8-26(36)27-18(3)25(32-19(27)4)15-23-22-14-20(9-10-24(22)33-28(23)37)21-16-31-35(17-21)29-30-11-13-38-29/h9-11,13-17,32H,5-8,12H2,1-4H3,(H,33,37)/b23-15-. The van der Waals surface area contributed by atoms with Crippen LogP contribution in [-0.4, -0.2) is 56.0 Å². The van der Waals surface area contributed by atoms with Crippen molar-refractivity contribution in [2.24, 2.45) is 0 Å². The van der Waals surface area contributed by atoms with Gasteiger partial charge in [0.2, 0.25) is 5.13 Å². The zero-order valence-corrected chi connectivity index (χ0v) is 23.0. The number of thiazole rings is 1. The molecule has 0 saturated heterocycles. The summed E-state index contributed by atoms with van der Waals surface area (Å²) in [7, 11) is 0. The summed E-state index contributed by atoms with van der Waals surface area (Å²) in [6.07, 6.45) is 8.68. The highest BCUT2D eigenvalue weighted by Gasteiger charge is 2.26. The van der Waals surface area contributed by atoms with Crippen LogP contribution in [0.1, 0.15) is 59.6 Å². The number of hydrogen-bond acceptors (Lipinski definition) is 6. The molecule has 1 aromatic carbocycles. The number of anilines is 1. The fraction of sp³-hybridized carbons (Fsp3) is 0.310. The van der Waals surface area contributed by atoms with Crippen LogP contribution in [0, 0.1) is 13.8 Å². The number of aryl methyl sites for hydroxylation is 1. The predicted molar refractivity (Wildman–Crippen MR) is 153 cm³/mol. The summed E-state index contributed by atoms with van der Waals surface area (Å²) in [5.41, 5.74) is 7.30. The van der Waals surface area contributed by atoms with Crippen molar-refractivity contribution in [3.05, 3.63) is 70.2 Å². The molecular weight excluding hydrogens is 496 g/mol. The van der Waals surface area contributed by atoms with Gasteiger partial charge in [-0.05, 0) is 69.2 Å². The molecule has 1 aliphatic rings. The maximum Gasteiger partial charge on any atom is 0.256 e. The molecule has 5 rings (SSSR count). The zero-order chi connectivity index (χ0) is 26.8. The molecule has 0 spiro atoms. The molecule has 0 bridgehead atoms. The van der Waals surface area contributed by atoms with E-state index < -0.39 is 0 Å². The molecule has 1 amide bonds. The molecule has 0 unspecified atom stereocenters. The monoisotopic (exact) mass is 528 g/mol. The van der Waals surface area contributed by atoms with Gasteiger partial charge in [0.1, 0.15) is 0 Å². The molecule has 9 heteroatoms. The van der Waals surface area contributed by atoms with Crippen LogP contribution in [0.25, 0.3) is 27.9 Å². The number of amides is 1. The Hall–Kier alpha value is -3.82. The van der Waals surface area contributed by atoms with E-state index in [-0.39, 0.29) is 11.7 Å². The Kier molecular flexibility index (Phi) is 7.40. The number of fused-ring (bicyclic) bond motifs is 1. The minimum Gasteiger partial charge on any atom is -0.358 e. The lowest BCUT2D eigenvalue weighted by Gasteiger charge is -2.17. The molecule has 8 nitrogen and oxygen atoms in total. The van der Waals surface area contributed by atoms with Gasteiger partial charge >= 0.3 is 0 Å². The highest BCUT2D eigenvalue weighted by Crippen LogP contribution is 2.37. The SMILES string of the molecule is CCN(CC)CCCC(=O)c1c(C)[nH]c(/C=C2\C(=O)Nc3ccc(-c4cnn(-c5nccs5)c4)cc32)c1C. The summed E-state index contributed by atoms with van der Waals surface area (Å²) in [5, 5.41) is 10.1. The largest absolute Gasteiger partial charge is 0.358 e. The topological polar surface area (TPSA) is 95.9 Å². The van der Waals surface area contributed by atoms with Crippen LogP contribution in [0.3, 0.4) is 0 Å². The van der Waals surface area contributed by atoms with Crippen molar-refractivity contribution in [2.75, 3.05) is 25.0 Å². The lowest BCUT2D eigenvalue weighted by atomic mass is 9.98.